The summed E-state index contributed by atoms with van der Waals surface area (Å²) in [4.78, 5) is 22.7. The SMILES string of the molecule is C=C(C)C(=O)COCCCNC(=O)OCCC[Si](OC)(OC)OC. The molecule has 9 heteroatoms. The third kappa shape index (κ3) is 9.78. The van der Waals surface area contributed by atoms with Gasteiger partial charge in [-0.15, -0.1) is 0 Å². The van der Waals surface area contributed by atoms with Crippen molar-refractivity contribution in [3.63, 3.8) is 0 Å². The Morgan fingerprint density at radius 3 is 2.21 bits per heavy atom. The fourth-order valence-electron chi connectivity index (χ4n) is 1.71. The molecule has 0 aromatic heterocycles. The Morgan fingerprint density at radius 2 is 1.67 bits per heavy atom. The molecule has 0 aromatic rings. The van der Waals surface area contributed by atoms with E-state index in [2.05, 4.69) is 11.9 Å². The van der Waals surface area contributed by atoms with Gasteiger partial charge in [-0.05, 0) is 25.3 Å². The van der Waals surface area contributed by atoms with Crippen LogP contribution in [0, 0.1) is 0 Å². The molecule has 8 nitrogen and oxygen atoms in total. The lowest BCUT2D eigenvalue weighted by Gasteiger charge is -2.24. The minimum atomic E-state index is -2.61. The molecule has 1 N–H and O–H groups in total. The Morgan fingerprint density at radius 1 is 1.04 bits per heavy atom. The number of Topliss-reactive ketones (excluding diaryl/α,β-unsaturated/α-hetero) is 1. The van der Waals surface area contributed by atoms with Gasteiger partial charge in [0.2, 0.25) is 0 Å². The molecule has 24 heavy (non-hydrogen) atoms. The molecule has 0 aromatic carbocycles. The van der Waals surface area contributed by atoms with Crippen LogP contribution in [0.4, 0.5) is 4.79 Å². The van der Waals surface area contributed by atoms with Crippen molar-refractivity contribution in [1.82, 2.24) is 5.32 Å². The number of amides is 1. The lowest BCUT2D eigenvalue weighted by Crippen LogP contribution is -2.42. The first-order valence-corrected chi connectivity index (χ1v) is 9.66. The fraction of sp³-hybridized carbons (Fsp3) is 0.733. The highest BCUT2D eigenvalue weighted by atomic mass is 28.4. The summed E-state index contributed by atoms with van der Waals surface area (Å²) in [7, 11) is 2.01. The van der Waals surface area contributed by atoms with E-state index in [0.717, 1.165) is 0 Å². The molecule has 0 aliphatic heterocycles. The van der Waals surface area contributed by atoms with E-state index >= 15 is 0 Å². The molecule has 0 fully saturated rings. The van der Waals surface area contributed by atoms with Crippen LogP contribution in [-0.2, 0) is 27.5 Å². The average Bonchev–Trinajstić information content (AvgIpc) is 2.58. The lowest BCUT2D eigenvalue weighted by atomic mass is 10.2. The number of ketones is 1. The molecule has 0 atom stereocenters. The van der Waals surface area contributed by atoms with E-state index in [4.69, 9.17) is 22.8 Å². The third-order valence-corrected chi connectivity index (χ3v) is 6.07. The van der Waals surface area contributed by atoms with Gasteiger partial charge in [-0.3, -0.25) is 4.79 Å². The number of carbonyl (C=O) groups excluding carboxylic acids is 2. The molecule has 0 rings (SSSR count). The monoisotopic (exact) mass is 363 g/mol. The Labute approximate surface area is 144 Å². The van der Waals surface area contributed by atoms with Crippen LogP contribution in [0.2, 0.25) is 6.04 Å². The highest BCUT2D eigenvalue weighted by Crippen LogP contribution is 2.14. The van der Waals surface area contributed by atoms with E-state index in [1.54, 1.807) is 28.3 Å². The van der Waals surface area contributed by atoms with Crippen molar-refractivity contribution < 1.29 is 32.3 Å². The van der Waals surface area contributed by atoms with Gasteiger partial charge in [-0.25, -0.2) is 4.79 Å². The molecule has 0 radical (unpaired) electrons. The molecule has 0 saturated heterocycles. The van der Waals surface area contributed by atoms with E-state index in [-0.39, 0.29) is 19.0 Å². The van der Waals surface area contributed by atoms with Crippen molar-refractivity contribution in [2.24, 2.45) is 0 Å². The van der Waals surface area contributed by atoms with Gasteiger partial charge in [-0.2, -0.15) is 0 Å². The molecular weight excluding hydrogens is 334 g/mol. The summed E-state index contributed by atoms with van der Waals surface area (Å²) >= 11 is 0. The summed E-state index contributed by atoms with van der Waals surface area (Å²) in [6, 6.07) is 0.564. The predicted octanol–water partition coefficient (Wildman–Crippen LogP) is 1.53. The molecule has 0 unspecified atom stereocenters. The maximum absolute atomic E-state index is 11.5. The summed E-state index contributed by atoms with van der Waals surface area (Å²) in [5.41, 5.74) is 0.471. The van der Waals surface area contributed by atoms with Crippen LogP contribution < -0.4 is 5.32 Å². The van der Waals surface area contributed by atoms with Gasteiger partial charge in [0, 0.05) is 40.5 Å². The Bertz CT molecular complexity index is 391. The lowest BCUT2D eigenvalue weighted by molar-refractivity contribution is -0.119. The largest absolute Gasteiger partial charge is 0.500 e. The zero-order valence-corrected chi connectivity index (χ0v) is 16.0. The van der Waals surface area contributed by atoms with E-state index in [1.165, 1.54) is 0 Å². The van der Waals surface area contributed by atoms with Crippen molar-refractivity contribution in [2.75, 3.05) is 47.7 Å². The maximum Gasteiger partial charge on any atom is 0.500 e. The second-order valence-corrected chi connectivity index (χ2v) is 8.16. The Hall–Kier alpha value is -1.26. The van der Waals surface area contributed by atoms with Crippen molar-refractivity contribution in [3.05, 3.63) is 12.2 Å². The number of alkyl carbamates (subject to hydrolysis) is 1. The van der Waals surface area contributed by atoms with Crippen LogP contribution >= 0.6 is 0 Å². The second kappa shape index (κ2) is 13.1. The molecule has 1 amide bonds. The predicted molar refractivity (Wildman–Crippen MR) is 90.8 cm³/mol. The number of hydrogen-bond acceptors (Lipinski definition) is 7. The fourth-order valence-corrected chi connectivity index (χ4v) is 3.40. The molecule has 0 spiro atoms. The van der Waals surface area contributed by atoms with Crippen molar-refractivity contribution in [1.29, 1.82) is 0 Å². The topological polar surface area (TPSA) is 92.3 Å². The molecular formula is C15H29NO7Si. The van der Waals surface area contributed by atoms with Crippen molar-refractivity contribution >= 4 is 20.7 Å². The van der Waals surface area contributed by atoms with E-state index in [9.17, 15) is 9.59 Å². The van der Waals surface area contributed by atoms with Crippen molar-refractivity contribution in [3.8, 4) is 0 Å². The normalized spacial score (nSPS) is 11.2. The van der Waals surface area contributed by atoms with E-state index < -0.39 is 14.9 Å². The summed E-state index contributed by atoms with van der Waals surface area (Å²) in [5.74, 6) is -0.120. The van der Waals surface area contributed by atoms with Crippen LogP contribution in [0.15, 0.2) is 12.2 Å². The number of nitrogens with one attached hydrogen (secondary N) is 1. The standard InChI is InChI=1S/C15H29NO7Si/c1-13(2)14(17)12-22-9-6-8-16-15(18)23-10-7-11-24(19-3,20-4)21-5/h1,6-12H2,2-5H3,(H,16,18). The second-order valence-electron chi connectivity index (χ2n) is 5.07. The zero-order valence-electron chi connectivity index (χ0n) is 15.0. The van der Waals surface area contributed by atoms with Gasteiger partial charge >= 0.3 is 14.9 Å². The quantitative estimate of drug-likeness (QED) is 0.284. The molecule has 0 bridgehead atoms. The first-order valence-electron chi connectivity index (χ1n) is 7.73. The van der Waals surface area contributed by atoms with Gasteiger partial charge in [0.1, 0.15) is 6.61 Å². The van der Waals surface area contributed by atoms with Crippen LogP contribution in [0.1, 0.15) is 19.8 Å². The number of ether oxygens (including phenoxy) is 2. The molecule has 0 aliphatic carbocycles. The van der Waals surface area contributed by atoms with Gasteiger partial charge in [0.25, 0.3) is 0 Å². The number of rotatable bonds is 14. The number of carbonyl (C=O) groups is 2. The minimum absolute atomic E-state index is 0.0178. The van der Waals surface area contributed by atoms with Crippen molar-refractivity contribution in [2.45, 2.75) is 25.8 Å². The van der Waals surface area contributed by atoms with Crippen LogP contribution in [-0.4, -0.2) is 68.4 Å². The van der Waals surface area contributed by atoms with Crippen LogP contribution in [0.3, 0.4) is 0 Å². The summed E-state index contributed by atoms with van der Waals surface area (Å²) in [5, 5.41) is 2.61. The van der Waals surface area contributed by atoms with Gasteiger partial charge < -0.3 is 28.1 Å². The smallest absolute Gasteiger partial charge is 0.450 e. The van der Waals surface area contributed by atoms with Gasteiger partial charge in [0.05, 0.1) is 6.61 Å². The van der Waals surface area contributed by atoms with Gasteiger partial charge in [0.15, 0.2) is 5.78 Å². The van der Waals surface area contributed by atoms with Crippen LogP contribution in [0.25, 0.3) is 0 Å². The third-order valence-electron chi connectivity index (χ3n) is 3.24. The molecule has 0 heterocycles. The summed E-state index contributed by atoms with van der Waals surface area (Å²) in [6.45, 7) is 6.23. The highest BCUT2D eigenvalue weighted by molar-refractivity contribution is 6.60. The maximum atomic E-state index is 11.5. The van der Waals surface area contributed by atoms with Gasteiger partial charge in [-0.1, -0.05) is 6.58 Å². The minimum Gasteiger partial charge on any atom is -0.450 e. The zero-order chi connectivity index (χ0) is 18.4. The molecule has 0 aliphatic rings. The molecule has 0 saturated carbocycles. The Kier molecular flexibility index (Phi) is 12.4. The summed E-state index contributed by atoms with van der Waals surface area (Å²) < 4.78 is 26.0. The molecule has 140 valence electrons. The van der Waals surface area contributed by atoms with E-state index in [0.29, 0.717) is 37.6 Å². The summed E-state index contributed by atoms with van der Waals surface area (Å²) in [6.07, 6.45) is 0.680. The highest BCUT2D eigenvalue weighted by Gasteiger charge is 2.36. The number of hydrogen-bond donors (Lipinski definition) is 1. The van der Waals surface area contributed by atoms with Crippen LogP contribution in [0.5, 0.6) is 0 Å². The first-order chi connectivity index (χ1) is 11.4. The van der Waals surface area contributed by atoms with E-state index in [1.807, 2.05) is 0 Å². The average molecular weight is 363 g/mol. The first kappa shape index (κ1) is 22.7. The Balaban J connectivity index is 3.64.